The zero-order chi connectivity index (χ0) is 54.4. The average Bonchev–Trinajstić information content (AvgIpc) is 3.27. The molecule has 0 saturated heterocycles. The zero-order valence-electron chi connectivity index (χ0n) is 47.4. The second-order valence-corrected chi connectivity index (χ2v) is 23.2. The van der Waals surface area contributed by atoms with E-state index < -0.39 is 23.7 Å². The van der Waals surface area contributed by atoms with Crippen molar-refractivity contribution < 1.29 is 40.9 Å². The lowest BCUT2D eigenvalue weighted by Crippen LogP contribution is -2.36. The number of nitrogens with zero attached hydrogens (tertiary/aromatic N) is 4. The predicted molar refractivity (Wildman–Crippen MR) is 292 cm³/mol. The van der Waals surface area contributed by atoms with Crippen LogP contribution < -0.4 is 0 Å². The molecule has 8 N–H and O–H groups in total. The zero-order valence-corrected chi connectivity index (χ0v) is 47.4. The van der Waals surface area contributed by atoms with Gasteiger partial charge in [-0.15, -0.1) is 0 Å². The lowest BCUT2D eigenvalue weighted by molar-refractivity contribution is 0.162. The quantitative estimate of drug-likeness (QED) is 0.0534. The molecular formula is C60H92N4O8. The second-order valence-electron chi connectivity index (χ2n) is 23.2. The number of phenols is 8. The van der Waals surface area contributed by atoms with Crippen LogP contribution in [0.25, 0.3) is 0 Å². The van der Waals surface area contributed by atoms with Crippen LogP contribution in [0, 0.1) is 0 Å². The number of hydrogen-bond donors (Lipinski definition) is 8. The van der Waals surface area contributed by atoms with Crippen LogP contribution in [-0.4, -0.2) is 109 Å². The summed E-state index contributed by atoms with van der Waals surface area (Å²) in [7, 11) is 0. The third-order valence-electron chi connectivity index (χ3n) is 16.1. The van der Waals surface area contributed by atoms with Crippen LogP contribution in [0.15, 0.2) is 24.3 Å². The Bertz CT molecular complexity index is 2070. The van der Waals surface area contributed by atoms with Gasteiger partial charge in [0.2, 0.25) is 0 Å². The van der Waals surface area contributed by atoms with E-state index >= 15 is 0 Å². The minimum atomic E-state index is -0.734. The monoisotopic (exact) mass is 997 g/mol. The largest absolute Gasteiger partial charge is 0.507 e. The number of hydrogen-bond acceptors (Lipinski definition) is 12. The number of rotatable bonds is 16. The van der Waals surface area contributed by atoms with Gasteiger partial charge in [0.15, 0.2) is 0 Å². The van der Waals surface area contributed by atoms with E-state index in [9.17, 15) is 40.9 Å². The fraction of sp³-hybridized carbons (Fsp3) is 0.600. The van der Waals surface area contributed by atoms with E-state index in [2.05, 4.69) is 130 Å². The number of phenolic OH excluding ortho intramolecular Hbond substituents is 8. The van der Waals surface area contributed by atoms with E-state index in [0.717, 1.165) is 0 Å². The SMILES string of the molecule is CC1c2cc(c(O)c(CN(C(C)C)C(C)C)c2O)C(C)c2cc(c(O)c(CN(C(C)C)C(C)C)c2O)C(C)c2cc(c(O)c(CN(C(C)C)C(C)C)c2O)C(C)c2cc1c(O)c(CN(C(C)C)C(C)C)c2O. The summed E-state index contributed by atoms with van der Waals surface area (Å²) in [4.78, 5) is 8.71. The molecule has 12 heteroatoms. The van der Waals surface area contributed by atoms with Crippen LogP contribution >= 0.6 is 0 Å². The van der Waals surface area contributed by atoms with Crippen LogP contribution in [0.5, 0.6) is 46.0 Å². The number of aromatic hydroxyl groups is 8. The summed E-state index contributed by atoms with van der Waals surface area (Å²) >= 11 is 0. The molecular weight excluding hydrogens is 905 g/mol. The molecule has 0 heterocycles. The van der Waals surface area contributed by atoms with Crippen LogP contribution in [0.1, 0.15) is 229 Å². The summed E-state index contributed by atoms with van der Waals surface area (Å²) in [6.07, 6.45) is 0. The van der Waals surface area contributed by atoms with Gasteiger partial charge in [0.05, 0.1) is 22.3 Å². The number of benzene rings is 4. The van der Waals surface area contributed by atoms with Gasteiger partial charge in [-0.3, -0.25) is 19.6 Å². The van der Waals surface area contributed by atoms with Gasteiger partial charge in [0.25, 0.3) is 0 Å². The molecule has 0 fully saturated rings. The van der Waals surface area contributed by atoms with Crippen LogP contribution in [-0.2, 0) is 26.2 Å². The Morgan fingerprint density at radius 1 is 0.264 bits per heavy atom. The Labute approximate surface area is 432 Å². The molecule has 0 aliphatic heterocycles. The van der Waals surface area contributed by atoms with Gasteiger partial charge < -0.3 is 40.9 Å². The smallest absolute Gasteiger partial charge is 0.127 e. The van der Waals surface area contributed by atoms with Gasteiger partial charge in [0.1, 0.15) is 46.0 Å². The molecule has 8 bridgehead atoms. The van der Waals surface area contributed by atoms with E-state index in [1.165, 1.54) is 0 Å². The van der Waals surface area contributed by atoms with E-state index in [-0.39, 0.29) is 121 Å². The lowest BCUT2D eigenvalue weighted by atomic mass is 9.78. The topological polar surface area (TPSA) is 175 Å². The predicted octanol–water partition coefficient (Wildman–Crippen LogP) is 12.7. The van der Waals surface area contributed by atoms with Crippen molar-refractivity contribution in [2.24, 2.45) is 0 Å². The molecule has 1 aliphatic rings. The summed E-state index contributed by atoms with van der Waals surface area (Å²) in [6, 6.07) is 7.36. The maximum Gasteiger partial charge on any atom is 0.127 e. The molecule has 12 nitrogen and oxygen atoms in total. The molecule has 1 aliphatic carbocycles. The molecule has 0 amide bonds. The molecule has 400 valence electrons. The highest BCUT2D eigenvalue weighted by atomic mass is 16.3. The summed E-state index contributed by atoms with van der Waals surface area (Å²) in [6.45, 7) is 41.4. The molecule has 0 radical (unpaired) electrons. The highest BCUT2D eigenvalue weighted by molar-refractivity contribution is 5.67. The van der Waals surface area contributed by atoms with Gasteiger partial charge >= 0.3 is 0 Å². The third kappa shape index (κ3) is 11.1. The fourth-order valence-corrected chi connectivity index (χ4v) is 11.5. The maximum atomic E-state index is 12.6. The highest BCUT2D eigenvalue weighted by Crippen LogP contribution is 2.54. The van der Waals surface area contributed by atoms with Gasteiger partial charge in [-0.1, -0.05) is 27.7 Å². The summed E-state index contributed by atoms with van der Waals surface area (Å²) < 4.78 is 0. The standard InChI is InChI=1S/C60H92N4O8/c1-29(2)61(30(3)4)25-49-53(65)41-21-42(54(49)66)38(18)44-23-46(58(70)51(56(44)68)27-63(33(9)10)34(11)12)40(20)48-24-47(59(71)52(60(48)72)28-64(35(13)14)36(15)16)39(19)45-22-43(37(41)17)55(67)50(57(45)69)26-62(31(5)6)32(7)8/h21-24,29-40,65-72H,25-28H2,1-20H3. The first kappa shape index (κ1) is 58.0. The minimum Gasteiger partial charge on any atom is -0.507 e. The Kier molecular flexibility index (Phi) is 18.3. The first-order chi connectivity index (χ1) is 33.4. The third-order valence-corrected chi connectivity index (χ3v) is 16.1. The van der Waals surface area contributed by atoms with Gasteiger partial charge in [0, 0.05) is 143 Å². The molecule has 0 atom stereocenters. The molecule has 0 saturated carbocycles. The van der Waals surface area contributed by atoms with Gasteiger partial charge in [-0.2, -0.15) is 0 Å². The summed E-state index contributed by atoms with van der Waals surface area (Å²) in [5, 5.41) is 101. The molecule has 72 heavy (non-hydrogen) atoms. The minimum absolute atomic E-state index is 0.0378. The van der Waals surface area contributed by atoms with E-state index in [1.807, 2.05) is 27.7 Å². The van der Waals surface area contributed by atoms with Crippen molar-refractivity contribution in [3.05, 3.63) is 91.0 Å². The van der Waals surface area contributed by atoms with Crippen LogP contribution in [0.3, 0.4) is 0 Å². The van der Waals surface area contributed by atoms with Crippen molar-refractivity contribution in [3.63, 3.8) is 0 Å². The molecule has 5 rings (SSSR count). The van der Waals surface area contributed by atoms with Gasteiger partial charge in [-0.25, -0.2) is 0 Å². The average molecular weight is 997 g/mol. The molecule has 4 aromatic rings. The molecule has 0 aromatic heterocycles. The van der Waals surface area contributed by atoms with Crippen molar-refractivity contribution in [1.29, 1.82) is 0 Å². The van der Waals surface area contributed by atoms with E-state index in [4.69, 9.17) is 0 Å². The van der Waals surface area contributed by atoms with Crippen molar-refractivity contribution in [2.45, 2.75) is 237 Å². The highest BCUT2D eigenvalue weighted by Gasteiger charge is 2.36. The Morgan fingerprint density at radius 2 is 0.375 bits per heavy atom. The van der Waals surface area contributed by atoms with Gasteiger partial charge in [-0.05, 0) is 135 Å². The Hall–Kier alpha value is -4.88. The lowest BCUT2D eigenvalue weighted by Gasteiger charge is -2.34. The Morgan fingerprint density at radius 3 is 0.472 bits per heavy atom. The molecule has 0 unspecified atom stereocenters. The van der Waals surface area contributed by atoms with E-state index in [1.54, 1.807) is 24.3 Å². The van der Waals surface area contributed by atoms with Crippen molar-refractivity contribution >= 4 is 0 Å². The summed E-state index contributed by atoms with van der Waals surface area (Å²) in [5.41, 5.74) is 4.62. The first-order valence-electron chi connectivity index (χ1n) is 26.7. The van der Waals surface area contributed by atoms with Crippen molar-refractivity contribution in [3.8, 4) is 46.0 Å². The van der Waals surface area contributed by atoms with Crippen LogP contribution in [0.4, 0.5) is 0 Å². The first-order valence-corrected chi connectivity index (χ1v) is 26.7. The normalized spacial score (nSPS) is 17.7. The number of fused-ring (bicyclic) bond motifs is 8. The maximum absolute atomic E-state index is 12.6. The molecule has 4 aromatic carbocycles. The fourth-order valence-electron chi connectivity index (χ4n) is 11.5. The summed E-state index contributed by atoms with van der Waals surface area (Å²) in [5.74, 6) is -3.95. The molecule has 0 spiro atoms. The van der Waals surface area contributed by atoms with Crippen molar-refractivity contribution in [1.82, 2.24) is 19.6 Å². The van der Waals surface area contributed by atoms with Crippen molar-refractivity contribution in [2.75, 3.05) is 0 Å². The van der Waals surface area contributed by atoms with E-state index in [0.29, 0.717) is 66.8 Å². The Balaban J connectivity index is 2.07. The van der Waals surface area contributed by atoms with Crippen LogP contribution in [0.2, 0.25) is 0 Å². The second kappa shape index (κ2) is 22.7.